The van der Waals surface area contributed by atoms with Gasteiger partial charge in [-0.05, 0) is 25.8 Å². The van der Waals surface area contributed by atoms with E-state index in [0.29, 0.717) is 6.42 Å². The van der Waals surface area contributed by atoms with Gasteiger partial charge in [0.25, 0.3) is 0 Å². The standard InChI is InChI=1S/C20H30N2O4/c1-4-22-18(23)8-11-21(15-20(22)9-12-26-13-10-20)14-16-6-5-7-17(24-2)19(16)25-3/h5-7H,4,8-15H2,1-3H3. The largest absolute Gasteiger partial charge is 0.493 e. The molecule has 0 radical (unpaired) electrons. The zero-order valence-corrected chi connectivity index (χ0v) is 16.1. The maximum absolute atomic E-state index is 12.8. The lowest BCUT2D eigenvalue weighted by Gasteiger charge is -2.46. The summed E-state index contributed by atoms with van der Waals surface area (Å²) in [5.74, 6) is 1.78. The molecule has 0 N–H and O–H groups in total. The van der Waals surface area contributed by atoms with Crippen LogP contribution in [0.4, 0.5) is 0 Å². The number of benzene rings is 1. The molecule has 0 saturated carbocycles. The van der Waals surface area contributed by atoms with Crippen molar-refractivity contribution < 1.29 is 19.0 Å². The molecule has 2 saturated heterocycles. The summed E-state index contributed by atoms with van der Waals surface area (Å²) in [5, 5.41) is 0. The highest BCUT2D eigenvalue weighted by Gasteiger charge is 2.43. The van der Waals surface area contributed by atoms with E-state index in [9.17, 15) is 4.79 Å². The van der Waals surface area contributed by atoms with Crippen LogP contribution in [0.3, 0.4) is 0 Å². The Morgan fingerprint density at radius 2 is 1.96 bits per heavy atom. The van der Waals surface area contributed by atoms with E-state index >= 15 is 0 Å². The van der Waals surface area contributed by atoms with Crippen LogP contribution in [0.2, 0.25) is 0 Å². The molecule has 0 aromatic heterocycles. The highest BCUT2D eigenvalue weighted by atomic mass is 16.5. The number of likely N-dealkylation sites (N-methyl/N-ethyl adjacent to an activating group) is 1. The van der Waals surface area contributed by atoms with Crippen molar-refractivity contribution in [3.8, 4) is 11.5 Å². The van der Waals surface area contributed by atoms with E-state index in [1.165, 1.54) is 0 Å². The normalized spacial score (nSPS) is 20.9. The Bertz CT molecular complexity index is 628. The number of amides is 1. The Kier molecular flexibility index (Phi) is 6.04. The molecule has 2 heterocycles. The summed E-state index contributed by atoms with van der Waals surface area (Å²) < 4.78 is 16.6. The van der Waals surface area contributed by atoms with E-state index in [-0.39, 0.29) is 11.4 Å². The van der Waals surface area contributed by atoms with E-state index < -0.39 is 0 Å². The molecule has 3 rings (SSSR count). The number of rotatable bonds is 5. The van der Waals surface area contributed by atoms with Crippen LogP contribution in [-0.4, -0.2) is 68.3 Å². The number of ether oxygens (including phenoxy) is 3. The van der Waals surface area contributed by atoms with E-state index in [0.717, 1.165) is 69.3 Å². The predicted octanol–water partition coefficient (Wildman–Crippen LogP) is 2.31. The van der Waals surface area contributed by atoms with Crippen LogP contribution in [-0.2, 0) is 16.1 Å². The molecule has 144 valence electrons. The number of hydrogen-bond donors (Lipinski definition) is 0. The second-order valence-electron chi connectivity index (χ2n) is 7.09. The minimum absolute atomic E-state index is 0.118. The van der Waals surface area contributed by atoms with E-state index in [1.807, 2.05) is 12.1 Å². The Balaban J connectivity index is 1.86. The van der Waals surface area contributed by atoms with Crippen molar-refractivity contribution in [1.82, 2.24) is 9.80 Å². The number of nitrogens with zero attached hydrogens (tertiary/aromatic N) is 2. The van der Waals surface area contributed by atoms with Crippen LogP contribution in [0, 0.1) is 0 Å². The molecule has 2 aliphatic rings. The third kappa shape index (κ3) is 3.67. The molecule has 0 aliphatic carbocycles. The van der Waals surface area contributed by atoms with Crippen LogP contribution in [0.25, 0.3) is 0 Å². The lowest BCUT2D eigenvalue weighted by atomic mass is 9.87. The Hall–Kier alpha value is -1.79. The first-order chi connectivity index (χ1) is 12.6. The third-order valence-corrected chi connectivity index (χ3v) is 5.65. The van der Waals surface area contributed by atoms with Crippen molar-refractivity contribution in [2.24, 2.45) is 0 Å². The van der Waals surface area contributed by atoms with E-state index in [2.05, 4.69) is 22.8 Å². The molecule has 1 spiro atoms. The molecular formula is C20H30N2O4. The van der Waals surface area contributed by atoms with Crippen molar-refractivity contribution in [3.05, 3.63) is 23.8 Å². The Labute approximate surface area is 156 Å². The third-order valence-electron chi connectivity index (χ3n) is 5.65. The fourth-order valence-corrected chi connectivity index (χ4v) is 4.38. The topological polar surface area (TPSA) is 51.2 Å². The SMILES string of the molecule is CCN1C(=O)CCN(Cc2cccc(OC)c2OC)CC12CCOCC2. The Morgan fingerprint density at radius 1 is 1.19 bits per heavy atom. The minimum Gasteiger partial charge on any atom is -0.493 e. The maximum Gasteiger partial charge on any atom is 0.224 e. The van der Waals surface area contributed by atoms with Crippen LogP contribution < -0.4 is 9.47 Å². The van der Waals surface area contributed by atoms with Gasteiger partial charge in [-0.3, -0.25) is 9.69 Å². The smallest absolute Gasteiger partial charge is 0.224 e. The molecule has 0 bridgehead atoms. The fraction of sp³-hybridized carbons (Fsp3) is 0.650. The average Bonchev–Trinajstić information content (AvgIpc) is 2.78. The summed E-state index contributed by atoms with van der Waals surface area (Å²) in [7, 11) is 3.33. The summed E-state index contributed by atoms with van der Waals surface area (Å²) in [6, 6.07) is 5.97. The number of methoxy groups -OCH3 is 2. The van der Waals surface area contributed by atoms with Crippen LogP contribution in [0.5, 0.6) is 11.5 Å². The summed E-state index contributed by atoms with van der Waals surface area (Å²) in [5.41, 5.74) is 0.971. The summed E-state index contributed by atoms with van der Waals surface area (Å²) in [6.07, 6.45) is 2.36. The molecule has 0 atom stereocenters. The van der Waals surface area contributed by atoms with Crippen molar-refractivity contribution >= 4 is 5.91 Å². The van der Waals surface area contributed by atoms with E-state index in [4.69, 9.17) is 14.2 Å². The van der Waals surface area contributed by atoms with E-state index in [1.54, 1.807) is 14.2 Å². The van der Waals surface area contributed by atoms with Gasteiger partial charge in [0.1, 0.15) is 0 Å². The number of para-hydroxylation sites is 1. The molecule has 2 fully saturated rings. The van der Waals surface area contributed by atoms with Crippen molar-refractivity contribution in [1.29, 1.82) is 0 Å². The molecule has 1 aromatic rings. The maximum atomic E-state index is 12.8. The zero-order chi connectivity index (χ0) is 18.6. The van der Waals surface area contributed by atoms with Gasteiger partial charge < -0.3 is 19.1 Å². The molecule has 6 nitrogen and oxygen atoms in total. The molecule has 0 unspecified atom stereocenters. The first kappa shape index (κ1) is 19.0. The molecule has 26 heavy (non-hydrogen) atoms. The second kappa shape index (κ2) is 8.27. The van der Waals surface area contributed by atoms with Gasteiger partial charge >= 0.3 is 0 Å². The number of carbonyl (C=O) groups excluding carboxylic acids is 1. The quantitative estimate of drug-likeness (QED) is 0.805. The highest BCUT2D eigenvalue weighted by molar-refractivity contribution is 5.77. The fourth-order valence-electron chi connectivity index (χ4n) is 4.38. The summed E-state index contributed by atoms with van der Waals surface area (Å²) >= 11 is 0. The predicted molar refractivity (Wildman–Crippen MR) is 99.6 cm³/mol. The van der Waals surface area contributed by atoms with Crippen molar-refractivity contribution in [2.75, 3.05) is 47.1 Å². The summed E-state index contributed by atoms with van der Waals surface area (Å²) in [6.45, 7) is 6.66. The van der Waals surface area contributed by atoms with Crippen LogP contribution in [0.1, 0.15) is 31.7 Å². The minimum atomic E-state index is -0.118. The molecule has 1 aromatic carbocycles. The molecule has 6 heteroatoms. The van der Waals surface area contributed by atoms with Gasteiger partial charge in [0.2, 0.25) is 5.91 Å². The zero-order valence-electron chi connectivity index (χ0n) is 16.1. The van der Waals surface area contributed by atoms with Gasteiger partial charge in [0.15, 0.2) is 11.5 Å². The van der Waals surface area contributed by atoms with Crippen LogP contribution >= 0.6 is 0 Å². The molecule has 1 amide bonds. The first-order valence-corrected chi connectivity index (χ1v) is 9.44. The van der Waals surface area contributed by atoms with Gasteiger partial charge in [0, 0.05) is 51.4 Å². The highest BCUT2D eigenvalue weighted by Crippen LogP contribution is 2.35. The number of carbonyl (C=O) groups is 1. The van der Waals surface area contributed by atoms with Gasteiger partial charge in [-0.1, -0.05) is 12.1 Å². The van der Waals surface area contributed by atoms with Gasteiger partial charge in [-0.25, -0.2) is 0 Å². The lowest BCUT2D eigenvalue weighted by molar-refractivity contribution is -0.140. The lowest BCUT2D eigenvalue weighted by Crippen LogP contribution is -2.58. The van der Waals surface area contributed by atoms with Gasteiger partial charge in [-0.2, -0.15) is 0 Å². The van der Waals surface area contributed by atoms with Gasteiger partial charge in [-0.15, -0.1) is 0 Å². The second-order valence-corrected chi connectivity index (χ2v) is 7.09. The monoisotopic (exact) mass is 362 g/mol. The summed E-state index contributed by atoms with van der Waals surface area (Å²) in [4.78, 5) is 17.2. The molecular weight excluding hydrogens is 332 g/mol. The average molecular weight is 362 g/mol. The van der Waals surface area contributed by atoms with Crippen molar-refractivity contribution in [3.63, 3.8) is 0 Å². The first-order valence-electron chi connectivity index (χ1n) is 9.44. The number of hydrogen-bond acceptors (Lipinski definition) is 5. The Morgan fingerprint density at radius 3 is 2.62 bits per heavy atom. The van der Waals surface area contributed by atoms with Gasteiger partial charge in [0.05, 0.1) is 19.8 Å². The van der Waals surface area contributed by atoms with Crippen LogP contribution in [0.15, 0.2) is 18.2 Å². The van der Waals surface area contributed by atoms with Crippen molar-refractivity contribution in [2.45, 2.75) is 38.3 Å². The molecule has 2 aliphatic heterocycles.